The van der Waals surface area contributed by atoms with E-state index in [1.54, 1.807) is 0 Å². The molecule has 0 spiro atoms. The van der Waals surface area contributed by atoms with Crippen LogP contribution in [0.15, 0.2) is 24.3 Å². The summed E-state index contributed by atoms with van der Waals surface area (Å²) < 4.78 is 11.6. The first kappa shape index (κ1) is 16.3. The third-order valence-corrected chi connectivity index (χ3v) is 4.07. The Hall–Kier alpha value is -1.10. The number of benzene rings is 1. The summed E-state index contributed by atoms with van der Waals surface area (Å²) in [4.78, 5) is 2.48. The molecule has 1 saturated heterocycles. The van der Waals surface area contributed by atoms with Crippen molar-refractivity contribution in [1.29, 1.82) is 0 Å². The first-order valence-electron chi connectivity index (χ1n) is 7.91. The van der Waals surface area contributed by atoms with E-state index in [4.69, 9.17) is 9.47 Å². The minimum absolute atomic E-state index is 0.169. The van der Waals surface area contributed by atoms with Crippen LogP contribution in [-0.4, -0.2) is 50.4 Å². The lowest BCUT2D eigenvalue weighted by molar-refractivity contribution is -0.0550. The molecule has 2 atom stereocenters. The van der Waals surface area contributed by atoms with E-state index >= 15 is 0 Å². The van der Waals surface area contributed by atoms with E-state index in [9.17, 15) is 0 Å². The first-order valence-corrected chi connectivity index (χ1v) is 7.91. The van der Waals surface area contributed by atoms with Gasteiger partial charge >= 0.3 is 0 Å². The fourth-order valence-corrected chi connectivity index (χ4v) is 2.90. The lowest BCUT2D eigenvalue weighted by atomic mass is 9.99. The first-order chi connectivity index (χ1) is 10.2. The van der Waals surface area contributed by atoms with Crippen molar-refractivity contribution in [3.8, 4) is 5.75 Å². The topological polar surface area (TPSA) is 33.7 Å². The van der Waals surface area contributed by atoms with Gasteiger partial charge in [-0.1, -0.05) is 12.1 Å². The van der Waals surface area contributed by atoms with Crippen molar-refractivity contribution in [3.05, 3.63) is 29.8 Å². The van der Waals surface area contributed by atoms with Crippen molar-refractivity contribution >= 4 is 0 Å². The molecule has 0 saturated carbocycles. The highest BCUT2D eigenvalue weighted by Crippen LogP contribution is 2.26. The maximum absolute atomic E-state index is 6.02. The quantitative estimate of drug-likeness (QED) is 0.873. The Kier molecular flexibility index (Phi) is 6.03. The van der Waals surface area contributed by atoms with Gasteiger partial charge in [0, 0.05) is 19.1 Å². The zero-order chi connectivity index (χ0) is 15.2. The van der Waals surface area contributed by atoms with Crippen molar-refractivity contribution in [3.63, 3.8) is 0 Å². The summed E-state index contributed by atoms with van der Waals surface area (Å²) >= 11 is 0. The molecule has 1 fully saturated rings. The summed E-state index contributed by atoms with van der Waals surface area (Å²) in [5, 5.41) is 3.41. The number of rotatable bonds is 6. The van der Waals surface area contributed by atoms with Gasteiger partial charge in [0.05, 0.1) is 25.4 Å². The van der Waals surface area contributed by atoms with Crippen molar-refractivity contribution in [2.75, 3.05) is 33.4 Å². The van der Waals surface area contributed by atoms with Gasteiger partial charge in [0.25, 0.3) is 0 Å². The molecule has 4 nitrogen and oxygen atoms in total. The summed E-state index contributed by atoms with van der Waals surface area (Å²) in [6.45, 7) is 9.96. The predicted octanol–water partition coefficient (Wildman–Crippen LogP) is 2.46. The fraction of sp³-hybridized carbons (Fsp3) is 0.647. The SMILES string of the molecule is CCOc1cccc(C(NC)C2CN(C(C)C)CCO2)c1. The normalized spacial score (nSPS) is 21.5. The van der Waals surface area contributed by atoms with Crippen LogP contribution in [0.2, 0.25) is 0 Å². The second kappa shape index (κ2) is 7.78. The molecule has 118 valence electrons. The van der Waals surface area contributed by atoms with Gasteiger partial charge < -0.3 is 14.8 Å². The number of morpholine rings is 1. The lowest BCUT2D eigenvalue weighted by Crippen LogP contribution is -2.49. The smallest absolute Gasteiger partial charge is 0.119 e. The van der Waals surface area contributed by atoms with Gasteiger partial charge in [0.2, 0.25) is 0 Å². The summed E-state index contributed by atoms with van der Waals surface area (Å²) in [5.41, 5.74) is 1.22. The largest absolute Gasteiger partial charge is 0.494 e. The average Bonchev–Trinajstić information content (AvgIpc) is 2.49. The maximum atomic E-state index is 6.02. The van der Waals surface area contributed by atoms with Crippen molar-refractivity contribution in [2.45, 2.75) is 39.0 Å². The Morgan fingerprint density at radius 3 is 2.90 bits per heavy atom. The Morgan fingerprint density at radius 2 is 2.24 bits per heavy atom. The monoisotopic (exact) mass is 292 g/mol. The zero-order valence-corrected chi connectivity index (χ0v) is 13.6. The molecular formula is C17H28N2O2. The number of likely N-dealkylation sites (N-methyl/N-ethyl adjacent to an activating group) is 1. The molecule has 1 aromatic rings. The van der Waals surface area contributed by atoms with Crippen LogP contribution < -0.4 is 10.1 Å². The molecule has 2 unspecified atom stereocenters. The predicted molar refractivity (Wildman–Crippen MR) is 85.9 cm³/mol. The summed E-state index contributed by atoms with van der Waals surface area (Å²) in [6, 6.07) is 9.05. The van der Waals surface area contributed by atoms with Crippen molar-refractivity contribution in [1.82, 2.24) is 10.2 Å². The van der Waals surface area contributed by atoms with Crippen LogP contribution in [0.1, 0.15) is 32.4 Å². The molecule has 1 aromatic carbocycles. The van der Waals surface area contributed by atoms with Crippen LogP contribution in [-0.2, 0) is 4.74 Å². The fourth-order valence-electron chi connectivity index (χ4n) is 2.90. The van der Waals surface area contributed by atoms with E-state index in [-0.39, 0.29) is 12.1 Å². The van der Waals surface area contributed by atoms with Gasteiger partial charge in [-0.25, -0.2) is 0 Å². The molecule has 0 radical (unpaired) electrons. The van der Waals surface area contributed by atoms with Gasteiger partial charge in [-0.3, -0.25) is 4.90 Å². The van der Waals surface area contributed by atoms with Gasteiger partial charge in [-0.2, -0.15) is 0 Å². The minimum atomic E-state index is 0.169. The molecule has 0 aliphatic carbocycles. The Labute approximate surface area is 128 Å². The Balaban J connectivity index is 2.13. The van der Waals surface area contributed by atoms with Crippen LogP contribution in [0.5, 0.6) is 5.75 Å². The number of nitrogens with zero attached hydrogens (tertiary/aromatic N) is 1. The van der Waals surface area contributed by atoms with E-state index in [1.807, 2.05) is 26.1 Å². The standard InChI is InChI=1S/C17H28N2O2/c1-5-20-15-8-6-7-14(11-15)17(18-4)16-12-19(13(2)3)9-10-21-16/h6-8,11,13,16-18H,5,9-10,12H2,1-4H3. The molecule has 1 aliphatic heterocycles. The summed E-state index contributed by atoms with van der Waals surface area (Å²) in [7, 11) is 2.00. The molecule has 1 aliphatic rings. The van der Waals surface area contributed by atoms with Crippen molar-refractivity contribution in [2.24, 2.45) is 0 Å². The van der Waals surface area contributed by atoms with Gasteiger partial charge in [-0.15, -0.1) is 0 Å². The number of hydrogen-bond donors (Lipinski definition) is 1. The highest BCUT2D eigenvalue weighted by Gasteiger charge is 2.29. The third-order valence-electron chi connectivity index (χ3n) is 4.07. The highest BCUT2D eigenvalue weighted by molar-refractivity contribution is 5.31. The van der Waals surface area contributed by atoms with Crippen LogP contribution >= 0.6 is 0 Å². The van der Waals surface area contributed by atoms with Crippen molar-refractivity contribution < 1.29 is 9.47 Å². The van der Waals surface area contributed by atoms with Gasteiger partial charge in [-0.05, 0) is 45.5 Å². The molecule has 4 heteroatoms. The molecule has 2 rings (SSSR count). The van der Waals surface area contributed by atoms with E-state index in [2.05, 4.69) is 36.2 Å². The van der Waals surface area contributed by atoms with E-state index in [0.717, 1.165) is 25.4 Å². The molecular weight excluding hydrogens is 264 g/mol. The van der Waals surface area contributed by atoms with Gasteiger partial charge in [0.15, 0.2) is 0 Å². The lowest BCUT2D eigenvalue weighted by Gasteiger charge is -2.39. The molecule has 1 N–H and O–H groups in total. The zero-order valence-electron chi connectivity index (χ0n) is 13.6. The van der Waals surface area contributed by atoms with Crippen LogP contribution in [0, 0.1) is 0 Å². The Morgan fingerprint density at radius 1 is 1.43 bits per heavy atom. The van der Waals surface area contributed by atoms with Crippen LogP contribution in [0.25, 0.3) is 0 Å². The van der Waals surface area contributed by atoms with Gasteiger partial charge in [0.1, 0.15) is 5.75 Å². The molecule has 0 aromatic heterocycles. The molecule has 1 heterocycles. The van der Waals surface area contributed by atoms with Crippen LogP contribution in [0.3, 0.4) is 0 Å². The maximum Gasteiger partial charge on any atom is 0.119 e. The molecule has 21 heavy (non-hydrogen) atoms. The molecule has 0 amide bonds. The van der Waals surface area contributed by atoms with E-state index in [1.165, 1.54) is 5.56 Å². The number of nitrogens with one attached hydrogen (secondary N) is 1. The average molecular weight is 292 g/mol. The van der Waals surface area contributed by atoms with Crippen LogP contribution in [0.4, 0.5) is 0 Å². The molecule has 0 bridgehead atoms. The van der Waals surface area contributed by atoms with E-state index < -0.39 is 0 Å². The summed E-state index contributed by atoms with van der Waals surface area (Å²) in [5.74, 6) is 0.923. The number of hydrogen-bond acceptors (Lipinski definition) is 4. The third kappa shape index (κ3) is 4.19. The second-order valence-corrected chi connectivity index (χ2v) is 5.77. The summed E-state index contributed by atoms with van der Waals surface area (Å²) in [6.07, 6.45) is 0.169. The number of ether oxygens (including phenoxy) is 2. The van der Waals surface area contributed by atoms with E-state index in [0.29, 0.717) is 12.6 Å². The minimum Gasteiger partial charge on any atom is -0.494 e. The second-order valence-electron chi connectivity index (χ2n) is 5.77. The highest BCUT2D eigenvalue weighted by atomic mass is 16.5. The Bertz CT molecular complexity index is 437.